The first-order valence-electron chi connectivity index (χ1n) is 6.93. The number of nitrogens with zero attached hydrogens (tertiary/aromatic N) is 2. The zero-order valence-corrected chi connectivity index (χ0v) is 12.5. The van der Waals surface area contributed by atoms with E-state index in [1.807, 2.05) is 16.7 Å². The van der Waals surface area contributed by atoms with Gasteiger partial charge in [0.25, 0.3) is 0 Å². The molecule has 18 heavy (non-hydrogen) atoms. The largest absolute Gasteiger partial charge is 0.340 e. The number of carbonyl (C=O) groups is 1. The molecule has 5 heteroatoms. The summed E-state index contributed by atoms with van der Waals surface area (Å²) in [4.78, 5) is 16.6. The van der Waals surface area contributed by atoms with Gasteiger partial charge in [-0.3, -0.25) is 9.69 Å². The molecule has 0 unspecified atom stereocenters. The molecule has 0 bridgehead atoms. The number of halogens is 1. The molecular weight excluding hydrogens is 268 g/mol. The third-order valence-corrected chi connectivity index (χ3v) is 5.15. The van der Waals surface area contributed by atoms with Gasteiger partial charge in [0, 0.05) is 45.0 Å². The zero-order chi connectivity index (χ0) is 12.8. The second-order valence-corrected chi connectivity index (χ2v) is 6.77. The van der Waals surface area contributed by atoms with Crippen LogP contribution in [0.25, 0.3) is 0 Å². The van der Waals surface area contributed by atoms with Gasteiger partial charge in [0.2, 0.25) is 5.91 Å². The molecule has 0 radical (unpaired) electrons. The average molecular weight is 291 g/mol. The Kier molecular flexibility index (Phi) is 6.12. The molecule has 0 aromatic heterocycles. The number of carbonyl (C=O) groups excluding carboxylic acids is 1. The monoisotopic (exact) mass is 290 g/mol. The lowest BCUT2D eigenvalue weighted by atomic mass is 9.98. The maximum atomic E-state index is 12.2. The minimum absolute atomic E-state index is 0.373. The molecule has 2 heterocycles. The average Bonchev–Trinajstić information content (AvgIpc) is 2.41. The molecule has 0 aliphatic carbocycles. The quantitative estimate of drug-likeness (QED) is 0.739. The molecular formula is C13H23ClN2OS. The highest BCUT2D eigenvalue weighted by molar-refractivity contribution is 7.99. The Bertz CT molecular complexity index is 264. The number of hydrogen-bond donors (Lipinski definition) is 0. The summed E-state index contributed by atoms with van der Waals surface area (Å²) < 4.78 is 0. The van der Waals surface area contributed by atoms with Gasteiger partial charge in [0.15, 0.2) is 0 Å². The first-order chi connectivity index (χ1) is 8.79. The first-order valence-corrected chi connectivity index (χ1v) is 8.62. The summed E-state index contributed by atoms with van der Waals surface area (Å²) in [6, 6.07) is 0. The summed E-state index contributed by atoms with van der Waals surface area (Å²) in [6.07, 6.45) is 3.22. The predicted molar refractivity (Wildman–Crippen MR) is 78.4 cm³/mol. The van der Waals surface area contributed by atoms with Crippen LogP contribution in [0.2, 0.25) is 0 Å². The molecule has 0 N–H and O–H groups in total. The molecule has 1 amide bonds. The molecule has 0 spiro atoms. The molecule has 104 valence electrons. The van der Waals surface area contributed by atoms with Crippen molar-refractivity contribution < 1.29 is 4.79 Å². The van der Waals surface area contributed by atoms with Gasteiger partial charge < -0.3 is 4.90 Å². The highest BCUT2D eigenvalue weighted by Crippen LogP contribution is 2.26. The minimum atomic E-state index is 0.373. The maximum Gasteiger partial charge on any atom is 0.222 e. The summed E-state index contributed by atoms with van der Waals surface area (Å²) in [6.45, 7) is 4.69. The smallest absolute Gasteiger partial charge is 0.222 e. The van der Waals surface area contributed by atoms with Crippen LogP contribution in [0.1, 0.15) is 19.3 Å². The molecule has 3 nitrogen and oxygen atoms in total. The Labute approximate surface area is 119 Å². The fraction of sp³-hybridized carbons (Fsp3) is 0.923. The number of thioether (sulfide) groups is 1. The highest BCUT2D eigenvalue weighted by Gasteiger charge is 2.24. The molecule has 0 aromatic carbocycles. The lowest BCUT2D eigenvalue weighted by molar-refractivity contribution is -0.134. The van der Waals surface area contributed by atoms with E-state index in [9.17, 15) is 4.79 Å². The maximum absolute atomic E-state index is 12.2. The van der Waals surface area contributed by atoms with Gasteiger partial charge in [-0.15, -0.1) is 11.6 Å². The third-order valence-electron chi connectivity index (χ3n) is 3.93. The number of piperazine rings is 1. The Balaban J connectivity index is 1.70. The second kappa shape index (κ2) is 7.61. The summed E-state index contributed by atoms with van der Waals surface area (Å²) >= 11 is 7.76. The van der Waals surface area contributed by atoms with Crippen LogP contribution >= 0.6 is 23.4 Å². The molecule has 2 fully saturated rings. The van der Waals surface area contributed by atoms with Crippen LogP contribution in [-0.4, -0.2) is 65.8 Å². The number of amides is 1. The van der Waals surface area contributed by atoms with E-state index >= 15 is 0 Å². The number of rotatable bonds is 4. The predicted octanol–water partition coefficient (Wildman–Crippen LogP) is 1.90. The Hall–Kier alpha value is 0.0700. The van der Waals surface area contributed by atoms with Gasteiger partial charge in [-0.05, 0) is 30.3 Å². The van der Waals surface area contributed by atoms with E-state index in [4.69, 9.17) is 11.6 Å². The number of alkyl halides is 1. The summed E-state index contributed by atoms with van der Waals surface area (Å²) in [5.41, 5.74) is 0. The SMILES string of the molecule is O=C(CC1CCSCC1)N1CCN(CCCl)CC1. The summed E-state index contributed by atoms with van der Waals surface area (Å²) in [5.74, 6) is 4.17. The molecule has 0 aromatic rings. The summed E-state index contributed by atoms with van der Waals surface area (Å²) in [7, 11) is 0. The van der Waals surface area contributed by atoms with Crippen LogP contribution in [-0.2, 0) is 4.79 Å². The van der Waals surface area contributed by atoms with E-state index in [-0.39, 0.29) is 0 Å². The molecule has 2 rings (SSSR count). The van der Waals surface area contributed by atoms with E-state index in [1.165, 1.54) is 24.3 Å². The van der Waals surface area contributed by atoms with Gasteiger partial charge in [-0.2, -0.15) is 11.8 Å². The van der Waals surface area contributed by atoms with Gasteiger partial charge in [-0.1, -0.05) is 0 Å². The van der Waals surface area contributed by atoms with Crippen molar-refractivity contribution in [1.29, 1.82) is 0 Å². The first kappa shape index (κ1) is 14.5. The van der Waals surface area contributed by atoms with Crippen LogP contribution in [0.4, 0.5) is 0 Å². The lowest BCUT2D eigenvalue weighted by Crippen LogP contribution is -2.49. The van der Waals surface area contributed by atoms with Crippen molar-refractivity contribution in [1.82, 2.24) is 9.80 Å². The van der Waals surface area contributed by atoms with Gasteiger partial charge in [0.1, 0.15) is 0 Å². The Morgan fingerprint density at radius 2 is 1.83 bits per heavy atom. The zero-order valence-electron chi connectivity index (χ0n) is 10.9. The van der Waals surface area contributed by atoms with E-state index in [0.29, 0.717) is 17.7 Å². The minimum Gasteiger partial charge on any atom is -0.340 e. The van der Waals surface area contributed by atoms with E-state index in [0.717, 1.165) is 39.1 Å². The van der Waals surface area contributed by atoms with Crippen LogP contribution in [0, 0.1) is 5.92 Å². The van der Waals surface area contributed by atoms with Gasteiger partial charge in [-0.25, -0.2) is 0 Å². The van der Waals surface area contributed by atoms with Crippen LogP contribution < -0.4 is 0 Å². The van der Waals surface area contributed by atoms with E-state index in [2.05, 4.69) is 4.90 Å². The van der Waals surface area contributed by atoms with Crippen LogP contribution in [0.5, 0.6) is 0 Å². The fourth-order valence-corrected chi connectivity index (χ4v) is 4.11. The van der Waals surface area contributed by atoms with Crippen molar-refractivity contribution in [2.75, 3.05) is 50.1 Å². The van der Waals surface area contributed by atoms with Crippen LogP contribution in [0.3, 0.4) is 0 Å². The Morgan fingerprint density at radius 3 is 2.44 bits per heavy atom. The normalized spacial score (nSPS) is 23.3. The van der Waals surface area contributed by atoms with Gasteiger partial charge in [0.05, 0.1) is 0 Å². The molecule has 0 atom stereocenters. The molecule has 2 saturated heterocycles. The van der Waals surface area contributed by atoms with Crippen LogP contribution in [0.15, 0.2) is 0 Å². The topological polar surface area (TPSA) is 23.6 Å². The van der Waals surface area contributed by atoms with Crippen molar-refractivity contribution in [3.05, 3.63) is 0 Å². The highest BCUT2D eigenvalue weighted by atomic mass is 35.5. The van der Waals surface area contributed by atoms with Crippen molar-refractivity contribution in [2.45, 2.75) is 19.3 Å². The third kappa shape index (κ3) is 4.32. The molecule has 2 aliphatic rings. The molecule has 0 saturated carbocycles. The Morgan fingerprint density at radius 1 is 1.17 bits per heavy atom. The van der Waals surface area contributed by atoms with Crippen molar-refractivity contribution in [3.63, 3.8) is 0 Å². The standard InChI is InChI=1S/C13H23ClN2OS/c14-3-4-15-5-7-16(8-6-15)13(17)11-12-1-9-18-10-2-12/h12H,1-11H2. The molecule has 2 aliphatic heterocycles. The van der Waals surface area contributed by atoms with Crippen molar-refractivity contribution >= 4 is 29.3 Å². The second-order valence-electron chi connectivity index (χ2n) is 5.17. The number of hydrogen-bond acceptors (Lipinski definition) is 3. The van der Waals surface area contributed by atoms with Crippen molar-refractivity contribution in [3.8, 4) is 0 Å². The summed E-state index contributed by atoms with van der Waals surface area (Å²) in [5, 5.41) is 0. The van der Waals surface area contributed by atoms with Gasteiger partial charge >= 0.3 is 0 Å². The van der Waals surface area contributed by atoms with E-state index in [1.54, 1.807) is 0 Å². The fourth-order valence-electron chi connectivity index (χ4n) is 2.67. The lowest BCUT2D eigenvalue weighted by Gasteiger charge is -2.35. The van der Waals surface area contributed by atoms with Crippen molar-refractivity contribution in [2.24, 2.45) is 5.92 Å². The van der Waals surface area contributed by atoms with E-state index < -0.39 is 0 Å².